The van der Waals surface area contributed by atoms with Gasteiger partial charge in [0, 0.05) is 19.3 Å². The average molecular weight is 434 g/mol. The van der Waals surface area contributed by atoms with Crippen molar-refractivity contribution in [2.75, 3.05) is 18.4 Å². The van der Waals surface area contributed by atoms with Crippen molar-refractivity contribution in [2.24, 2.45) is 11.3 Å². The molecular formula is C27H35N3O2. The van der Waals surface area contributed by atoms with Crippen molar-refractivity contribution < 1.29 is 9.53 Å². The molecule has 1 aromatic heterocycles. The van der Waals surface area contributed by atoms with E-state index in [1.165, 1.54) is 24.0 Å². The van der Waals surface area contributed by atoms with Gasteiger partial charge in [-0.15, -0.1) is 0 Å². The first-order valence-electron chi connectivity index (χ1n) is 11.8. The quantitative estimate of drug-likeness (QED) is 0.608. The predicted octanol–water partition coefficient (Wildman–Crippen LogP) is 6.39. The molecule has 1 aliphatic heterocycles. The molecule has 0 spiro atoms. The zero-order chi connectivity index (χ0) is 22.6. The number of carbonyl (C=O) groups excluding carboxylic acids is 1. The molecule has 2 aromatic rings. The van der Waals surface area contributed by atoms with Crippen LogP contribution < -0.4 is 10.1 Å². The number of rotatable bonds is 4. The number of anilines is 1. The summed E-state index contributed by atoms with van der Waals surface area (Å²) in [6.45, 7) is 8.33. The zero-order valence-corrected chi connectivity index (χ0v) is 19.5. The number of pyridine rings is 1. The fourth-order valence-electron chi connectivity index (χ4n) is 4.66. The SMILES string of the molecule is CC1CN(C(=O)Nc2cccnc2)CCC1=Cc1cccc(OC2CCC(C)(C)CC2)c1. The molecule has 2 aliphatic rings. The number of nitrogens with one attached hydrogen (secondary N) is 1. The minimum Gasteiger partial charge on any atom is -0.490 e. The summed E-state index contributed by atoms with van der Waals surface area (Å²) < 4.78 is 6.31. The van der Waals surface area contributed by atoms with Crippen molar-refractivity contribution in [1.29, 1.82) is 0 Å². The van der Waals surface area contributed by atoms with E-state index in [4.69, 9.17) is 4.74 Å². The van der Waals surface area contributed by atoms with Crippen LogP contribution in [0.3, 0.4) is 0 Å². The maximum atomic E-state index is 12.6. The summed E-state index contributed by atoms with van der Waals surface area (Å²) in [5.74, 6) is 1.28. The average Bonchev–Trinajstić information content (AvgIpc) is 2.77. The third kappa shape index (κ3) is 5.90. The van der Waals surface area contributed by atoms with Crippen molar-refractivity contribution in [3.05, 3.63) is 59.9 Å². The molecule has 1 aromatic carbocycles. The Morgan fingerprint density at radius 3 is 2.75 bits per heavy atom. The largest absolute Gasteiger partial charge is 0.490 e. The first-order chi connectivity index (χ1) is 15.4. The third-order valence-electron chi connectivity index (χ3n) is 6.80. The molecule has 170 valence electrons. The summed E-state index contributed by atoms with van der Waals surface area (Å²) in [5.41, 5.74) is 3.73. The Morgan fingerprint density at radius 2 is 2.03 bits per heavy atom. The number of aromatic nitrogens is 1. The van der Waals surface area contributed by atoms with Gasteiger partial charge in [0.25, 0.3) is 0 Å². The fourth-order valence-corrected chi connectivity index (χ4v) is 4.66. The molecule has 5 heteroatoms. The highest BCUT2D eigenvalue weighted by atomic mass is 16.5. The van der Waals surface area contributed by atoms with Crippen molar-refractivity contribution in [3.8, 4) is 5.75 Å². The molecule has 1 atom stereocenters. The highest BCUT2D eigenvalue weighted by molar-refractivity contribution is 5.89. The lowest BCUT2D eigenvalue weighted by Crippen LogP contribution is -2.42. The van der Waals surface area contributed by atoms with Crippen LogP contribution in [0.1, 0.15) is 58.4 Å². The summed E-state index contributed by atoms with van der Waals surface area (Å²) in [7, 11) is 0. The van der Waals surface area contributed by atoms with E-state index in [-0.39, 0.29) is 6.03 Å². The molecule has 2 fully saturated rings. The van der Waals surface area contributed by atoms with Crippen molar-refractivity contribution in [2.45, 2.75) is 59.0 Å². The number of hydrogen-bond donors (Lipinski definition) is 1. The van der Waals surface area contributed by atoms with Crippen LogP contribution in [-0.4, -0.2) is 35.1 Å². The van der Waals surface area contributed by atoms with E-state index in [2.05, 4.69) is 61.4 Å². The number of carbonyl (C=O) groups is 1. The summed E-state index contributed by atoms with van der Waals surface area (Å²) in [6, 6.07) is 12.1. The number of urea groups is 1. The van der Waals surface area contributed by atoms with Gasteiger partial charge in [-0.2, -0.15) is 0 Å². The van der Waals surface area contributed by atoms with E-state index in [1.807, 2.05) is 17.0 Å². The highest BCUT2D eigenvalue weighted by Gasteiger charge is 2.28. The minimum absolute atomic E-state index is 0.0602. The van der Waals surface area contributed by atoms with Crippen LogP contribution in [0.2, 0.25) is 0 Å². The first kappa shape index (κ1) is 22.4. The molecule has 1 unspecified atom stereocenters. The van der Waals surface area contributed by atoms with Gasteiger partial charge in [0.2, 0.25) is 0 Å². The molecular weight excluding hydrogens is 398 g/mol. The lowest BCUT2D eigenvalue weighted by atomic mass is 9.76. The predicted molar refractivity (Wildman–Crippen MR) is 130 cm³/mol. The molecule has 1 saturated heterocycles. The number of nitrogens with zero attached hydrogens (tertiary/aromatic N) is 2. The first-order valence-corrected chi connectivity index (χ1v) is 11.8. The second-order valence-corrected chi connectivity index (χ2v) is 10.0. The number of amides is 2. The van der Waals surface area contributed by atoms with Crippen LogP contribution in [-0.2, 0) is 0 Å². The van der Waals surface area contributed by atoms with Gasteiger partial charge < -0.3 is 15.0 Å². The fraction of sp³-hybridized carbons (Fsp3) is 0.481. The third-order valence-corrected chi connectivity index (χ3v) is 6.80. The van der Waals surface area contributed by atoms with E-state index in [9.17, 15) is 4.79 Å². The minimum atomic E-state index is -0.0602. The maximum Gasteiger partial charge on any atom is 0.321 e. The number of ether oxygens (including phenoxy) is 1. The van der Waals surface area contributed by atoms with Crippen LogP contribution in [0, 0.1) is 11.3 Å². The van der Waals surface area contributed by atoms with Crippen LogP contribution in [0.25, 0.3) is 6.08 Å². The standard InChI is InChI=1S/C27H35N3O2/c1-20-19-30(26(31)29-23-7-5-14-28-18-23)15-11-22(20)16-21-6-4-8-25(17-21)32-24-9-12-27(2,3)13-10-24/h4-8,14,16-18,20,24H,9-13,15,19H2,1-3H3,(H,29,31). The second kappa shape index (κ2) is 9.76. The van der Waals surface area contributed by atoms with E-state index in [0.29, 0.717) is 24.0 Å². The topological polar surface area (TPSA) is 54.5 Å². The Bertz CT molecular complexity index is 944. The van der Waals surface area contributed by atoms with Gasteiger partial charge in [-0.25, -0.2) is 4.79 Å². The van der Waals surface area contributed by atoms with E-state index >= 15 is 0 Å². The molecule has 4 rings (SSSR count). The molecule has 0 radical (unpaired) electrons. The van der Waals surface area contributed by atoms with Gasteiger partial charge in [0.05, 0.1) is 18.0 Å². The Labute approximate surface area is 191 Å². The summed E-state index contributed by atoms with van der Waals surface area (Å²) >= 11 is 0. The molecule has 1 N–H and O–H groups in total. The molecule has 32 heavy (non-hydrogen) atoms. The Balaban J connectivity index is 1.34. The van der Waals surface area contributed by atoms with Gasteiger partial charge in [0.1, 0.15) is 5.75 Å². The molecule has 0 bridgehead atoms. The lowest BCUT2D eigenvalue weighted by Gasteiger charge is -2.34. The molecule has 1 aliphatic carbocycles. The summed E-state index contributed by atoms with van der Waals surface area (Å²) in [4.78, 5) is 18.5. The monoisotopic (exact) mass is 433 g/mol. The van der Waals surface area contributed by atoms with Crippen molar-refractivity contribution >= 4 is 17.8 Å². The molecule has 1 saturated carbocycles. The van der Waals surface area contributed by atoms with Gasteiger partial charge in [-0.1, -0.05) is 44.6 Å². The number of likely N-dealkylation sites (tertiary alicyclic amines) is 1. The van der Waals surface area contributed by atoms with Crippen LogP contribution in [0.5, 0.6) is 5.75 Å². The maximum absolute atomic E-state index is 12.6. The molecule has 5 nitrogen and oxygen atoms in total. The lowest BCUT2D eigenvalue weighted by molar-refractivity contribution is 0.0987. The number of piperidine rings is 1. The Kier molecular flexibility index (Phi) is 6.83. The molecule has 2 heterocycles. The van der Waals surface area contributed by atoms with Crippen molar-refractivity contribution in [3.63, 3.8) is 0 Å². The zero-order valence-electron chi connectivity index (χ0n) is 19.5. The number of benzene rings is 1. The highest BCUT2D eigenvalue weighted by Crippen LogP contribution is 2.36. The molecule has 2 amide bonds. The Hall–Kier alpha value is -2.82. The van der Waals surface area contributed by atoms with Crippen LogP contribution in [0.4, 0.5) is 10.5 Å². The Morgan fingerprint density at radius 1 is 1.22 bits per heavy atom. The van der Waals surface area contributed by atoms with Crippen LogP contribution >= 0.6 is 0 Å². The number of hydrogen-bond acceptors (Lipinski definition) is 3. The smallest absolute Gasteiger partial charge is 0.321 e. The van der Waals surface area contributed by atoms with Gasteiger partial charge >= 0.3 is 6.03 Å². The van der Waals surface area contributed by atoms with Gasteiger partial charge in [-0.3, -0.25) is 4.98 Å². The second-order valence-electron chi connectivity index (χ2n) is 10.0. The van der Waals surface area contributed by atoms with E-state index < -0.39 is 0 Å². The normalized spacial score (nSPS) is 22.5. The van der Waals surface area contributed by atoms with E-state index in [1.54, 1.807) is 12.4 Å². The van der Waals surface area contributed by atoms with Crippen LogP contribution in [0.15, 0.2) is 54.4 Å². The van der Waals surface area contributed by atoms with Gasteiger partial charge in [0.15, 0.2) is 0 Å². The summed E-state index contributed by atoms with van der Waals surface area (Å²) in [5, 5.41) is 2.94. The van der Waals surface area contributed by atoms with E-state index in [0.717, 1.165) is 37.2 Å². The van der Waals surface area contributed by atoms with Gasteiger partial charge in [-0.05, 0) is 73.3 Å². The van der Waals surface area contributed by atoms with Crippen molar-refractivity contribution in [1.82, 2.24) is 9.88 Å². The summed E-state index contributed by atoms with van der Waals surface area (Å²) in [6.07, 6.45) is 11.6.